The predicted octanol–water partition coefficient (Wildman–Crippen LogP) is 1.69. The first-order chi connectivity index (χ1) is 16.1. The molecule has 2 amide bonds. The van der Waals surface area contributed by atoms with Crippen LogP contribution < -0.4 is 11.1 Å². The number of carbonyl (C=O) groups is 2. The summed E-state index contributed by atoms with van der Waals surface area (Å²) < 4.78 is 27.1. The van der Waals surface area contributed by atoms with E-state index in [0.717, 1.165) is 32.1 Å². The molecule has 0 spiro atoms. The fraction of sp³-hybridized carbons (Fsp3) is 0.609. The topological polar surface area (TPSA) is 157 Å². The van der Waals surface area contributed by atoms with Crippen LogP contribution in [0.5, 0.6) is 5.75 Å². The highest BCUT2D eigenvalue weighted by Crippen LogP contribution is 2.29. The number of nitrogens with one attached hydrogen (secondary N) is 2. The van der Waals surface area contributed by atoms with Gasteiger partial charge in [-0.1, -0.05) is 25.3 Å². The number of phenolic OH excluding ortho intramolecular Hbond substituents is 1. The van der Waals surface area contributed by atoms with Crippen LogP contribution in [-0.2, 0) is 26.2 Å². The summed E-state index contributed by atoms with van der Waals surface area (Å²) in [6.45, 7) is 3.75. The number of carbonyl (C=O) groups excluding carboxylic acids is 2. The third kappa shape index (κ3) is 6.45. The predicted molar refractivity (Wildman–Crippen MR) is 136 cm³/mol. The smallest absolute Gasteiger partial charge is 0.243 e. The van der Waals surface area contributed by atoms with E-state index in [9.17, 15) is 23.1 Å². The molecule has 1 saturated heterocycles. The highest BCUT2D eigenvalue weighted by atomic mass is 35.5. The molecule has 12 heteroatoms. The fourth-order valence-corrected chi connectivity index (χ4v) is 6.30. The molecule has 0 unspecified atom stereocenters. The van der Waals surface area contributed by atoms with Crippen molar-refractivity contribution in [3.63, 3.8) is 0 Å². The van der Waals surface area contributed by atoms with Crippen molar-refractivity contribution in [2.24, 2.45) is 5.73 Å². The van der Waals surface area contributed by atoms with E-state index < -0.39 is 22.1 Å². The Bertz CT molecular complexity index is 1040. The Labute approximate surface area is 213 Å². The average Bonchev–Trinajstić information content (AvgIpc) is 2.77. The highest BCUT2D eigenvalue weighted by Gasteiger charge is 2.44. The number of likely N-dealkylation sites (tertiary alicyclic amines) is 1. The summed E-state index contributed by atoms with van der Waals surface area (Å²) in [6, 6.07) is 2.89. The maximum absolute atomic E-state index is 13.3. The second kappa shape index (κ2) is 12.0. The lowest BCUT2D eigenvalue weighted by molar-refractivity contribution is -0.150. The van der Waals surface area contributed by atoms with Gasteiger partial charge in [-0.2, -0.15) is 4.31 Å². The van der Waals surface area contributed by atoms with Gasteiger partial charge in [0.1, 0.15) is 23.7 Å². The third-order valence-corrected chi connectivity index (χ3v) is 8.77. The van der Waals surface area contributed by atoms with E-state index in [0.29, 0.717) is 18.5 Å². The summed E-state index contributed by atoms with van der Waals surface area (Å²) in [6.07, 6.45) is 4.95. The van der Waals surface area contributed by atoms with E-state index in [1.54, 1.807) is 19.9 Å². The van der Waals surface area contributed by atoms with Crippen LogP contribution in [0.4, 0.5) is 0 Å². The molecule has 3 rings (SSSR count). The SMILES string of the molecule is CCS(=O)(=O)N(C1CCCCC1)[C@@H](C)C(=O)N1CC[C@H]1C(=O)NCc1ccc(C(=N)N)c(O)c1.Cl. The van der Waals surface area contributed by atoms with Crippen molar-refractivity contribution in [1.82, 2.24) is 14.5 Å². The molecule has 2 aliphatic rings. The van der Waals surface area contributed by atoms with Gasteiger partial charge in [-0.3, -0.25) is 15.0 Å². The molecular weight excluding hydrogens is 494 g/mol. The summed E-state index contributed by atoms with van der Waals surface area (Å²) >= 11 is 0. The maximum Gasteiger partial charge on any atom is 0.243 e. The van der Waals surface area contributed by atoms with Crippen molar-refractivity contribution in [2.45, 2.75) is 77.0 Å². The van der Waals surface area contributed by atoms with E-state index in [1.807, 2.05) is 0 Å². The second-order valence-corrected chi connectivity index (χ2v) is 11.2. The highest BCUT2D eigenvalue weighted by molar-refractivity contribution is 7.89. The van der Waals surface area contributed by atoms with E-state index >= 15 is 0 Å². The molecule has 196 valence electrons. The minimum absolute atomic E-state index is 0. The van der Waals surface area contributed by atoms with Crippen LogP contribution in [0, 0.1) is 5.41 Å². The number of hydrogen-bond acceptors (Lipinski definition) is 6. The largest absolute Gasteiger partial charge is 0.507 e. The molecule has 1 aliphatic heterocycles. The molecule has 1 aromatic rings. The number of aromatic hydroxyl groups is 1. The Morgan fingerprint density at radius 3 is 2.43 bits per heavy atom. The zero-order chi connectivity index (χ0) is 25.0. The van der Waals surface area contributed by atoms with Crippen LogP contribution in [0.15, 0.2) is 18.2 Å². The summed E-state index contributed by atoms with van der Waals surface area (Å²) in [7, 11) is -3.58. The number of amides is 2. The summed E-state index contributed by atoms with van der Waals surface area (Å²) in [5.74, 6) is -1.14. The van der Waals surface area contributed by atoms with Crippen molar-refractivity contribution < 1.29 is 23.1 Å². The minimum Gasteiger partial charge on any atom is -0.507 e. The van der Waals surface area contributed by atoms with Crippen LogP contribution in [0.3, 0.4) is 0 Å². The van der Waals surface area contributed by atoms with Gasteiger partial charge in [-0.15, -0.1) is 12.4 Å². The summed E-state index contributed by atoms with van der Waals surface area (Å²) in [5.41, 5.74) is 6.24. The molecule has 10 nitrogen and oxygen atoms in total. The fourth-order valence-electron chi connectivity index (χ4n) is 4.76. The summed E-state index contributed by atoms with van der Waals surface area (Å²) in [5, 5.41) is 20.2. The Morgan fingerprint density at radius 2 is 1.91 bits per heavy atom. The lowest BCUT2D eigenvalue weighted by Gasteiger charge is -2.44. The minimum atomic E-state index is -3.58. The molecule has 35 heavy (non-hydrogen) atoms. The van der Waals surface area contributed by atoms with Gasteiger partial charge >= 0.3 is 0 Å². The zero-order valence-electron chi connectivity index (χ0n) is 20.2. The number of phenols is 1. The Morgan fingerprint density at radius 1 is 1.26 bits per heavy atom. The molecule has 1 aromatic carbocycles. The van der Waals surface area contributed by atoms with Gasteiger partial charge in [0, 0.05) is 19.1 Å². The van der Waals surface area contributed by atoms with E-state index in [2.05, 4.69) is 5.32 Å². The van der Waals surface area contributed by atoms with E-state index in [1.165, 1.54) is 21.3 Å². The second-order valence-electron chi connectivity index (χ2n) is 9.02. The van der Waals surface area contributed by atoms with Crippen LogP contribution >= 0.6 is 12.4 Å². The first-order valence-electron chi connectivity index (χ1n) is 11.8. The molecule has 1 heterocycles. The summed E-state index contributed by atoms with van der Waals surface area (Å²) in [4.78, 5) is 27.5. The van der Waals surface area contributed by atoms with E-state index in [4.69, 9.17) is 11.1 Å². The van der Waals surface area contributed by atoms with Crippen LogP contribution in [0.2, 0.25) is 0 Å². The normalized spacial score (nSPS) is 19.4. The van der Waals surface area contributed by atoms with Crippen molar-refractivity contribution >= 4 is 40.1 Å². The van der Waals surface area contributed by atoms with Crippen LogP contribution in [0.25, 0.3) is 0 Å². The average molecular weight is 530 g/mol. The third-order valence-electron chi connectivity index (χ3n) is 6.78. The standard InChI is InChI=1S/C23H35N5O5S.ClH/c1-3-34(32,33)28(17-7-5-4-6-8-17)15(2)23(31)27-12-11-19(27)22(30)26-14-16-9-10-18(21(24)25)20(29)13-16;/h9-10,13,15,17,19,29H,3-8,11-12,14H2,1-2H3,(H3,24,25)(H,26,30);1H/t15-,19-;/m0./s1. The molecule has 0 bridgehead atoms. The number of benzene rings is 1. The number of nitrogens with two attached hydrogens (primary N) is 1. The Balaban J connectivity index is 0.00000432. The van der Waals surface area contributed by atoms with Crippen LogP contribution in [-0.4, -0.2) is 70.8 Å². The lowest BCUT2D eigenvalue weighted by Crippen LogP contribution is -2.63. The zero-order valence-corrected chi connectivity index (χ0v) is 21.8. The van der Waals surface area contributed by atoms with Crippen molar-refractivity contribution in [1.29, 1.82) is 5.41 Å². The Kier molecular flexibility index (Phi) is 9.94. The number of nitrogen functional groups attached to an aromatic ring is 1. The van der Waals surface area contributed by atoms with Gasteiger partial charge in [0.25, 0.3) is 0 Å². The van der Waals surface area contributed by atoms with Gasteiger partial charge < -0.3 is 21.1 Å². The van der Waals surface area contributed by atoms with Gasteiger partial charge in [-0.05, 0) is 50.8 Å². The van der Waals surface area contributed by atoms with Gasteiger partial charge in [-0.25, -0.2) is 8.42 Å². The monoisotopic (exact) mass is 529 g/mol. The van der Waals surface area contributed by atoms with Crippen LogP contribution in [0.1, 0.15) is 63.5 Å². The molecule has 1 saturated carbocycles. The molecule has 2 fully saturated rings. The molecule has 2 atom stereocenters. The number of hydrogen-bond donors (Lipinski definition) is 4. The Hall–Kier alpha value is -2.37. The van der Waals surface area contributed by atoms with Crippen molar-refractivity contribution in [3.8, 4) is 5.75 Å². The molecular formula is C23H36ClN5O5S. The maximum atomic E-state index is 13.3. The van der Waals surface area contributed by atoms with Crippen molar-refractivity contribution in [3.05, 3.63) is 29.3 Å². The molecule has 5 N–H and O–H groups in total. The van der Waals surface area contributed by atoms with E-state index in [-0.39, 0.29) is 59.7 Å². The molecule has 0 aromatic heterocycles. The number of sulfonamides is 1. The first-order valence-corrected chi connectivity index (χ1v) is 13.4. The molecule has 1 aliphatic carbocycles. The number of nitrogens with zero attached hydrogens (tertiary/aromatic N) is 2. The van der Waals surface area contributed by atoms with Gasteiger partial charge in [0.05, 0.1) is 11.3 Å². The van der Waals surface area contributed by atoms with Crippen molar-refractivity contribution in [2.75, 3.05) is 12.3 Å². The first kappa shape index (κ1) is 28.9. The number of rotatable bonds is 9. The quantitative estimate of drug-likeness (QED) is 0.281. The number of amidine groups is 1. The lowest BCUT2D eigenvalue weighted by atomic mass is 9.94. The van der Waals surface area contributed by atoms with Gasteiger partial charge in [0.15, 0.2) is 0 Å². The molecule has 0 radical (unpaired) electrons. The van der Waals surface area contributed by atoms with Gasteiger partial charge in [0.2, 0.25) is 21.8 Å². The number of halogens is 1.